The lowest BCUT2D eigenvalue weighted by atomic mass is 9.96. The Hall–Kier alpha value is -2.61. The van der Waals surface area contributed by atoms with Crippen LogP contribution in [0.5, 0.6) is 0 Å². The monoisotopic (exact) mass is 308 g/mol. The molecule has 1 aliphatic heterocycles. The van der Waals surface area contributed by atoms with E-state index in [1.807, 2.05) is 26.4 Å². The van der Waals surface area contributed by atoms with Crippen molar-refractivity contribution < 1.29 is 4.79 Å². The maximum absolute atomic E-state index is 12.7. The fourth-order valence-electron chi connectivity index (χ4n) is 3.22. The summed E-state index contributed by atoms with van der Waals surface area (Å²) in [5.74, 6) is 1.56. The molecule has 0 saturated carbocycles. The Kier molecular flexibility index (Phi) is 4.16. The van der Waals surface area contributed by atoms with Crippen LogP contribution in [-0.4, -0.2) is 34.0 Å². The molecule has 2 heterocycles. The van der Waals surface area contributed by atoms with Crippen molar-refractivity contribution in [2.45, 2.75) is 26.3 Å². The first-order valence-corrected chi connectivity index (χ1v) is 7.84. The van der Waals surface area contributed by atoms with Gasteiger partial charge in [0.25, 0.3) is 5.91 Å². The summed E-state index contributed by atoms with van der Waals surface area (Å²) in [4.78, 5) is 18.8. The third-order valence-electron chi connectivity index (χ3n) is 4.52. The average molecular weight is 308 g/mol. The largest absolute Gasteiger partial charge is 0.341 e. The van der Waals surface area contributed by atoms with Crippen molar-refractivity contribution >= 4 is 5.91 Å². The van der Waals surface area contributed by atoms with Gasteiger partial charge in [-0.1, -0.05) is 0 Å². The molecule has 0 N–H and O–H groups in total. The van der Waals surface area contributed by atoms with E-state index in [-0.39, 0.29) is 5.91 Å². The molecule has 0 spiro atoms. The van der Waals surface area contributed by atoms with Crippen molar-refractivity contribution in [3.63, 3.8) is 0 Å². The summed E-state index contributed by atoms with van der Waals surface area (Å²) < 4.78 is 2.18. The number of rotatable bonds is 3. The van der Waals surface area contributed by atoms with Crippen LogP contribution in [-0.2, 0) is 13.0 Å². The summed E-state index contributed by atoms with van der Waals surface area (Å²) >= 11 is 0. The smallest absolute Gasteiger partial charge is 0.253 e. The number of carbonyl (C=O) groups is 1. The standard InChI is InChI=1S/C18H20N4O/c1-13-9-14(11-19)3-4-16(13)18(23)21(2)12-15-5-7-22-8-6-20-17(22)10-15/h3-4,6,8-9,15H,5,7,10,12H2,1-2H3/t15-/m0/s1. The van der Waals surface area contributed by atoms with Gasteiger partial charge in [0.1, 0.15) is 5.82 Å². The van der Waals surface area contributed by atoms with E-state index in [1.165, 1.54) is 0 Å². The van der Waals surface area contributed by atoms with E-state index in [0.29, 0.717) is 17.0 Å². The van der Waals surface area contributed by atoms with Crippen LogP contribution in [0.2, 0.25) is 0 Å². The number of hydrogen-bond acceptors (Lipinski definition) is 3. The minimum atomic E-state index is 0.0147. The van der Waals surface area contributed by atoms with E-state index in [2.05, 4.69) is 15.6 Å². The van der Waals surface area contributed by atoms with Crippen LogP contribution in [0.25, 0.3) is 0 Å². The van der Waals surface area contributed by atoms with E-state index >= 15 is 0 Å². The number of benzene rings is 1. The maximum Gasteiger partial charge on any atom is 0.253 e. The molecule has 23 heavy (non-hydrogen) atoms. The molecule has 1 aromatic heterocycles. The van der Waals surface area contributed by atoms with Crippen molar-refractivity contribution in [1.82, 2.24) is 14.5 Å². The van der Waals surface area contributed by atoms with Crippen LogP contribution in [0.1, 0.15) is 33.7 Å². The van der Waals surface area contributed by atoms with Crippen LogP contribution >= 0.6 is 0 Å². The Balaban J connectivity index is 1.68. The van der Waals surface area contributed by atoms with Gasteiger partial charge in [-0.25, -0.2) is 4.98 Å². The minimum Gasteiger partial charge on any atom is -0.341 e. The number of carbonyl (C=O) groups excluding carboxylic acids is 1. The number of hydrogen-bond donors (Lipinski definition) is 0. The summed E-state index contributed by atoms with van der Waals surface area (Å²) in [5.41, 5.74) is 2.10. The quantitative estimate of drug-likeness (QED) is 0.874. The number of aryl methyl sites for hydroxylation is 2. The SMILES string of the molecule is Cc1cc(C#N)ccc1C(=O)N(C)C[C@H]1CCn2ccnc2C1. The molecule has 0 fully saturated rings. The molecule has 1 atom stereocenters. The molecule has 1 aliphatic rings. The van der Waals surface area contributed by atoms with Crippen molar-refractivity contribution in [3.05, 3.63) is 53.1 Å². The molecule has 2 aromatic rings. The maximum atomic E-state index is 12.7. The lowest BCUT2D eigenvalue weighted by Crippen LogP contribution is -2.35. The van der Waals surface area contributed by atoms with Gasteiger partial charge in [-0.2, -0.15) is 5.26 Å². The first-order chi connectivity index (χ1) is 11.1. The van der Waals surface area contributed by atoms with Gasteiger partial charge in [0, 0.05) is 44.5 Å². The molecular formula is C18H20N4O. The number of nitrogens with zero attached hydrogens (tertiary/aromatic N) is 4. The highest BCUT2D eigenvalue weighted by Gasteiger charge is 2.23. The van der Waals surface area contributed by atoms with E-state index in [1.54, 1.807) is 23.1 Å². The van der Waals surface area contributed by atoms with E-state index in [0.717, 1.165) is 37.3 Å². The minimum absolute atomic E-state index is 0.0147. The molecule has 5 heteroatoms. The molecular weight excluding hydrogens is 288 g/mol. The van der Waals surface area contributed by atoms with E-state index in [9.17, 15) is 4.79 Å². The normalized spacial score (nSPS) is 16.5. The average Bonchev–Trinajstić information content (AvgIpc) is 3.01. The third-order valence-corrected chi connectivity index (χ3v) is 4.52. The van der Waals surface area contributed by atoms with Gasteiger partial charge < -0.3 is 9.47 Å². The fraction of sp³-hybridized carbons (Fsp3) is 0.389. The van der Waals surface area contributed by atoms with Crippen LogP contribution < -0.4 is 0 Å². The highest BCUT2D eigenvalue weighted by Crippen LogP contribution is 2.21. The molecule has 0 aliphatic carbocycles. The summed E-state index contributed by atoms with van der Waals surface area (Å²) in [6.07, 6.45) is 5.83. The topological polar surface area (TPSA) is 61.9 Å². The van der Waals surface area contributed by atoms with Gasteiger partial charge in [0.2, 0.25) is 0 Å². The van der Waals surface area contributed by atoms with Crippen molar-refractivity contribution in [3.8, 4) is 6.07 Å². The predicted molar refractivity (Wildman–Crippen MR) is 86.9 cm³/mol. The van der Waals surface area contributed by atoms with Gasteiger partial charge in [-0.15, -0.1) is 0 Å². The second-order valence-electron chi connectivity index (χ2n) is 6.22. The zero-order valence-electron chi connectivity index (χ0n) is 13.5. The molecule has 118 valence electrons. The first kappa shape index (κ1) is 15.3. The van der Waals surface area contributed by atoms with Crippen LogP contribution in [0.15, 0.2) is 30.6 Å². The Morgan fingerprint density at radius 1 is 1.52 bits per heavy atom. The van der Waals surface area contributed by atoms with Gasteiger partial charge in [-0.05, 0) is 43.0 Å². The predicted octanol–water partition coefficient (Wildman–Crippen LogP) is 2.40. The highest BCUT2D eigenvalue weighted by molar-refractivity contribution is 5.95. The van der Waals surface area contributed by atoms with Gasteiger partial charge in [0.05, 0.1) is 11.6 Å². The van der Waals surface area contributed by atoms with Gasteiger partial charge in [0.15, 0.2) is 0 Å². The van der Waals surface area contributed by atoms with Crippen molar-refractivity contribution in [2.75, 3.05) is 13.6 Å². The van der Waals surface area contributed by atoms with Gasteiger partial charge in [-0.3, -0.25) is 4.79 Å². The number of amides is 1. The molecule has 5 nitrogen and oxygen atoms in total. The lowest BCUT2D eigenvalue weighted by Gasteiger charge is -2.28. The third kappa shape index (κ3) is 3.11. The number of fused-ring (bicyclic) bond motifs is 1. The summed E-state index contributed by atoms with van der Waals surface area (Å²) in [6, 6.07) is 7.31. The summed E-state index contributed by atoms with van der Waals surface area (Å²) in [7, 11) is 1.85. The summed E-state index contributed by atoms with van der Waals surface area (Å²) in [5, 5.41) is 8.93. The number of aromatic nitrogens is 2. The second-order valence-corrected chi connectivity index (χ2v) is 6.22. The highest BCUT2D eigenvalue weighted by atomic mass is 16.2. The molecule has 0 radical (unpaired) electrons. The molecule has 3 rings (SSSR count). The Morgan fingerprint density at radius 2 is 2.35 bits per heavy atom. The van der Waals surface area contributed by atoms with E-state index < -0.39 is 0 Å². The van der Waals surface area contributed by atoms with Crippen LogP contribution in [0.4, 0.5) is 0 Å². The molecule has 0 bridgehead atoms. The second kappa shape index (κ2) is 6.25. The van der Waals surface area contributed by atoms with Crippen molar-refractivity contribution in [1.29, 1.82) is 5.26 Å². The summed E-state index contributed by atoms with van der Waals surface area (Å²) in [6.45, 7) is 3.57. The van der Waals surface area contributed by atoms with Crippen molar-refractivity contribution in [2.24, 2.45) is 5.92 Å². The first-order valence-electron chi connectivity index (χ1n) is 7.84. The Bertz CT molecular complexity index is 772. The molecule has 1 amide bonds. The number of nitriles is 1. The van der Waals surface area contributed by atoms with Gasteiger partial charge >= 0.3 is 0 Å². The Morgan fingerprint density at radius 3 is 3.09 bits per heavy atom. The number of imidazole rings is 1. The fourth-order valence-corrected chi connectivity index (χ4v) is 3.22. The molecule has 1 aromatic carbocycles. The zero-order chi connectivity index (χ0) is 16.4. The van der Waals surface area contributed by atoms with Crippen LogP contribution in [0.3, 0.4) is 0 Å². The molecule has 0 unspecified atom stereocenters. The lowest BCUT2D eigenvalue weighted by molar-refractivity contribution is 0.0763. The zero-order valence-corrected chi connectivity index (χ0v) is 13.5. The molecule has 0 saturated heterocycles. The van der Waals surface area contributed by atoms with Crippen LogP contribution in [0, 0.1) is 24.2 Å². The van der Waals surface area contributed by atoms with E-state index in [4.69, 9.17) is 5.26 Å². The Labute approximate surface area is 136 Å².